The number of nitrogens with zero attached hydrogens (tertiary/aromatic N) is 1. The third kappa shape index (κ3) is 1.76. The van der Waals surface area contributed by atoms with Gasteiger partial charge in [0.1, 0.15) is 5.69 Å². The lowest BCUT2D eigenvalue weighted by atomic mass is 9.97. The summed E-state index contributed by atoms with van der Waals surface area (Å²) in [6, 6.07) is 6.44. The standard InChI is InChI=1S/C14H16N2O/c1-9-3-4-11(10(2)7-9)14-12-5-6-15-8-13(12)16-17-14/h3-4,7,15H,5-6,8H2,1-2H3. The fourth-order valence-electron chi connectivity index (χ4n) is 2.44. The monoisotopic (exact) mass is 228 g/mol. The van der Waals surface area contributed by atoms with Crippen LogP contribution in [0, 0.1) is 13.8 Å². The van der Waals surface area contributed by atoms with Gasteiger partial charge in [0.05, 0.1) is 0 Å². The Morgan fingerprint density at radius 3 is 3.00 bits per heavy atom. The molecular formula is C14H16N2O. The lowest BCUT2D eigenvalue weighted by molar-refractivity contribution is 0.421. The lowest BCUT2D eigenvalue weighted by Crippen LogP contribution is -2.23. The van der Waals surface area contributed by atoms with Gasteiger partial charge in [-0.3, -0.25) is 0 Å². The average Bonchev–Trinajstić information content (AvgIpc) is 2.73. The normalized spacial score (nSPS) is 14.7. The summed E-state index contributed by atoms with van der Waals surface area (Å²) in [5, 5.41) is 7.47. The average molecular weight is 228 g/mol. The Balaban J connectivity index is 2.12. The maximum absolute atomic E-state index is 5.53. The van der Waals surface area contributed by atoms with Gasteiger partial charge in [0.2, 0.25) is 0 Å². The second kappa shape index (κ2) is 4.00. The zero-order chi connectivity index (χ0) is 11.8. The number of nitrogens with one attached hydrogen (secondary N) is 1. The Bertz CT molecular complexity index is 557. The third-order valence-electron chi connectivity index (χ3n) is 3.34. The summed E-state index contributed by atoms with van der Waals surface area (Å²) >= 11 is 0. The van der Waals surface area contributed by atoms with Crippen molar-refractivity contribution in [2.75, 3.05) is 6.54 Å². The second-order valence-corrected chi connectivity index (χ2v) is 4.68. The van der Waals surface area contributed by atoms with Crippen LogP contribution in [0.1, 0.15) is 22.4 Å². The summed E-state index contributed by atoms with van der Waals surface area (Å²) in [6.07, 6.45) is 1.00. The van der Waals surface area contributed by atoms with Gasteiger partial charge < -0.3 is 9.84 Å². The smallest absolute Gasteiger partial charge is 0.170 e. The van der Waals surface area contributed by atoms with E-state index in [1.807, 2.05) is 0 Å². The van der Waals surface area contributed by atoms with E-state index in [2.05, 4.69) is 42.5 Å². The highest BCUT2D eigenvalue weighted by Gasteiger charge is 2.20. The van der Waals surface area contributed by atoms with Crippen LogP contribution in [0.15, 0.2) is 22.7 Å². The number of fused-ring (bicyclic) bond motifs is 1. The van der Waals surface area contributed by atoms with Crippen molar-refractivity contribution in [2.45, 2.75) is 26.8 Å². The number of hydrogen-bond acceptors (Lipinski definition) is 3. The topological polar surface area (TPSA) is 38.1 Å². The van der Waals surface area contributed by atoms with E-state index in [9.17, 15) is 0 Å². The molecule has 1 aromatic carbocycles. The molecule has 0 unspecified atom stereocenters. The maximum Gasteiger partial charge on any atom is 0.170 e. The first kappa shape index (κ1) is 10.5. The molecule has 3 rings (SSSR count). The van der Waals surface area contributed by atoms with E-state index in [4.69, 9.17) is 4.52 Å². The van der Waals surface area contributed by atoms with E-state index < -0.39 is 0 Å². The number of aromatic nitrogens is 1. The zero-order valence-corrected chi connectivity index (χ0v) is 10.2. The molecule has 2 aromatic rings. The third-order valence-corrected chi connectivity index (χ3v) is 3.34. The van der Waals surface area contributed by atoms with Crippen molar-refractivity contribution in [3.63, 3.8) is 0 Å². The molecule has 17 heavy (non-hydrogen) atoms. The number of rotatable bonds is 1. The van der Waals surface area contributed by atoms with Crippen LogP contribution in [-0.4, -0.2) is 11.7 Å². The van der Waals surface area contributed by atoms with Crippen LogP contribution < -0.4 is 5.32 Å². The van der Waals surface area contributed by atoms with Crippen LogP contribution in [0.5, 0.6) is 0 Å². The largest absolute Gasteiger partial charge is 0.356 e. The summed E-state index contributed by atoms with van der Waals surface area (Å²) in [5.41, 5.74) is 6.04. The zero-order valence-electron chi connectivity index (χ0n) is 10.2. The first-order valence-electron chi connectivity index (χ1n) is 6.01. The maximum atomic E-state index is 5.53. The Kier molecular flexibility index (Phi) is 2.48. The molecule has 0 saturated carbocycles. The Morgan fingerprint density at radius 2 is 2.18 bits per heavy atom. The Morgan fingerprint density at radius 1 is 1.29 bits per heavy atom. The van der Waals surface area contributed by atoms with Crippen LogP contribution in [0.25, 0.3) is 11.3 Å². The van der Waals surface area contributed by atoms with Crippen molar-refractivity contribution in [1.82, 2.24) is 10.5 Å². The fraction of sp³-hybridized carbons (Fsp3) is 0.357. The molecule has 0 aliphatic carbocycles. The molecule has 0 spiro atoms. The SMILES string of the molecule is Cc1ccc(-c2onc3c2CCNC3)c(C)c1. The predicted octanol–water partition coefficient (Wildman–Crippen LogP) is 2.60. The highest BCUT2D eigenvalue weighted by Crippen LogP contribution is 2.30. The molecule has 0 bridgehead atoms. The van der Waals surface area contributed by atoms with Crippen LogP contribution in [0.4, 0.5) is 0 Å². The molecule has 3 heteroatoms. The van der Waals surface area contributed by atoms with Gasteiger partial charge in [-0.1, -0.05) is 28.9 Å². The second-order valence-electron chi connectivity index (χ2n) is 4.68. The number of aryl methyl sites for hydroxylation is 2. The van der Waals surface area contributed by atoms with Crippen molar-refractivity contribution in [1.29, 1.82) is 0 Å². The number of hydrogen-bond donors (Lipinski definition) is 1. The van der Waals surface area contributed by atoms with Gasteiger partial charge in [-0.2, -0.15) is 0 Å². The minimum atomic E-state index is 0.823. The summed E-state index contributed by atoms with van der Waals surface area (Å²) in [5.74, 6) is 0.957. The van der Waals surface area contributed by atoms with E-state index >= 15 is 0 Å². The Labute approximate surface area is 101 Å². The molecule has 0 saturated heterocycles. The fourth-order valence-corrected chi connectivity index (χ4v) is 2.44. The van der Waals surface area contributed by atoms with Crippen molar-refractivity contribution < 1.29 is 4.52 Å². The quantitative estimate of drug-likeness (QED) is 0.815. The Hall–Kier alpha value is -1.61. The molecule has 2 heterocycles. The molecular weight excluding hydrogens is 212 g/mol. The minimum Gasteiger partial charge on any atom is -0.356 e. The molecule has 0 atom stereocenters. The van der Waals surface area contributed by atoms with E-state index in [0.717, 1.165) is 31.0 Å². The van der Waals surface area contributed by atoms with Crippen LogP contribution >= 0.6 is 0 Å². The van der Waals surface area contributed by atoms with Gasteiger partial charge in [-0.25, -0.2) is 0 Å². The van der Waals surface area contributed by atoms with E-state index in [0.29, 0.717) is 0 Å². The van der Waals surface area contributed by atoms with Crippen molar-refractivity contribution in [2.24, 2.45) is 0 Å². The molecule has 1 aromatic heterocycles. The highest BCUT2D eigenvalue weighted by atomic mass is 16.5. The summed E-state index contributed by atoms with van der Waals surface area (Å²) in [7, 11) is 0. The van der Waals surface area contributed by atoms with Crippen molar-refractivity contribution >= 4 is 0 Å². The van der Waals surface area contributed by atoms with Crippen molar-refractivity contribution in [3.8, 4) is 11.3 Å². The summed E-state index contributed by atoms with van der Waals surface area (Å²) < 4.78 is 5.53. The molecule has 3 nitrogen and oxygen atoms in total. The van der Waals surface area contributed by atoms with Crippen LogP contribution in [0.2, 0.25) is 0 Å². The summed E-state index contributed by atoms with van der Waals surface area (Å²) in [4.78, 5) is 0. The van der Waals surface area contributed by atoms with Gasteiger partial charge >= 0.3 is 0 Å². The van der Waals surface area contributed by atoms with E-state index in [1.165, 1.54) is 22.3 Å². The predicted molar refractivity (Wildman–Crippen MR) is 66.8 cm³/mol. The molecule has 1 aliphatic heterocycles. The van der Waals surface area contributed by atoms with E-state index in [1.54, 1.807) is 0 Å². The van der Waals surface area contributed by atoms with Crippen LogP contribution in [0.3, 0.4) is 0 Å². The van der Waals surface area contributed by atoms with Gasteiger partial charge in [-0.05, 0) is 32.4 Å². The molecule has 88 valence electrons. The minimum absolute atomic E-state index is 0.823. The van der Waals surface area contributed by atoms with Gasteiger partial charge in [0.25, 0.3) is 0 Å². The summed E-state index contributed by atoms with van der Waals surface area (Å²) in [6.45, 7) is 6.06. The first-order chi connectivity index (χ1) is 8.25. The first-order valence-corrected chi connectivity index (χ1v) is 6.01. The molecule has 0 fully saturated rings. The molecule has 1 N–H and O–H groups in total. The van der Waals surface area contributed by atoms with Gasteiger partial charge in [0, 0.05) is 17.7 Å². The highest BCUT2D eigenvalue weighted by molar-refractivity contribution is 5.66. The van der Waals surface area contributed by atoms with Crippen molar-refractivity contribution in [3.05, 3.63) is 40.6 Å². The number of benzene rings is 1. The molecule has 0 radical (unpaired) electrons. The van der Waals surface area contributed by atoms with Gasteiger partial charge in [0.15, 0.2) is 5.76 Å². The molecule has 0 amide bonds. The van der Waals surface area contributed by atoms with E-state index in [-0.39, 0.29) is 0 Å². The molecule has 1 aliphatic rings. The van der Waals surface area contributed by atoms with Crippen LogP contribution in [-0.2, 0) is 13.0 Å². The van der Waals surface area contributed by atoms with Gasteiger partial charge in [-0.15, -0.1) is 0 Å². The lowest BCUT2D eigenvalue weighted by Gasteiger charge is -2.12.